The zero-order valence-electron chi connectivity index (χ0n) is 14.0. The first-order chi connectivity index (χ1) is 12.6. The molecule has 1 atom stereocenters. The van der Waals surface area contributed by atoms with Crippen LogP contribution >= 0.6 is 0 Å². The standard InChI is InChI=1S/C20H17F2N3O/c21-13-4-6-18-15(10-13)16(20(26)24-18)12-23-14-5-7-19(17(22)11-14)25-8-2-1-3-9-25/h1-2,4-7,10-12,16H,3,8-9H2,(H,24,26). The fourth-order valence-corrected chi connectivity index (χ4v) is 3.26. The normalized spacial score (nSPS) is 19.1. The Morgan fingerprint density at radius 2 is 2.04 bits per heavy atom. The number of carbonyl (C=O) groups excluding carboxylic acids is 1. The number of nitrogens with zero attached hydrogens (tertiary/aromatic N) is 2. The third kappa shape index (κ3) is 3.10. The molecule has 0 aliphatic carbocycles. The number of carbonyl (C=O) groups is 1. The summed E-state index contributed by atoms with van der Waals surface area (Å²) in [6, 6.07) is 8.90. The maximum absolute atomic E-state index is 14.4. The molecule has 0 spiro atoms. The molecule has 2 aromatic carbocycles. The molecule has 1 amide bonds. The highest BCUT2D eigenvalue weighted by molar-refractivity contribution is 6.12. The fourth-order valence-electron chi connectivity index (χ4n) is 3.26. The molecule has 1 N–H and O–H groups in total. The molecule has 4 rings (SSSR count). The number of nitrogens with one attached hydrogen (secondary N) is 1. The highest BCUT2D eigenvalue weighted by Gasteiger charge is 2.29. The van der Waals surface area contributed by atoms with Gasteiger partial charge in [-0.05, 0) is 42.3 Å². The third-order valence-electron chi connectivity index (χ3n) is 4.59. The van der Waals surface area contributed by atoms with Gasteiger partial charge < -0.3 is 10.2 Å². The highest BCUT2D eigenvalue weighted by Crippen LogP contribution is 2.33. The van der Waals surface area contributed by atoms with Crippen LogP contribution in [0, 0.1) is 11.6 Å². The van der Waals surface area contributed by atoms with E-state index in [1.807, 2.05) is 11.0 Å². The van der Waals surface area contributed by atoms with Crippen molar-refractivity contribution in [2.75, 3.05) is 23.3 Å². The predicted molar refractivity (Wildman–Crippen MR) is 98.3 cm³/mol. The van der Waals surface area contributed by atoms with E-state index in [2.05, 4.69) is 16.4 Å². The van der Waals surface area contributed by atoms with Gasteiger partial charge in [0.25, 0.3) is 0 Å². The van der Waals surface area contributed by atoms with Gasteiger partial charge in [-0.2, -0.15) is 0 Å². The number of aliphatic imine (C=N–C) groups is 1. The van der Waals surface area contributed by atoms with Crippen LogP contribution in [0.1, 0.15) is 17.9 Å². The number of benzene rings is 2. The van der Waals surface area contributed by atoms with E-state index in [4.69, 9.17) is 0 Å². The Bertz CT molecular complexity index is 923. The van der Waals surface area contributed by atoms with E-state index in [-0.39, 0.29) is 11.7 Å². The minimum absolute atomic E-state index is 0.272. The summed E-state index contributed by atoms with van der Waals surface area (Å²) in [6.07, 6.45) is 6.43. The maximum atomic E-state index is 14.4. The van der Waals surface area contributed by atoms with Crippen LogP contribution in [-0.4, -0.2) is 25.2 Å². The van der Waals surface area contributed by atoms with E-state index in [0.717, 1.165) is 13.0 Å². The van der Waals surface area contributed by atoms with E-state index in [1.54, 1.807) is 12.1 Å². The minimum atomic E-state index is -0.685. The van der Waals surface area contributed by atoms with Gasteiger partial charge >= 0.3 is 0 Å². The number of anilines is 2. The van der Waals surface area contributed by atoms with Crippen molar-refractivity contribution in [3.8, 4) is 0 Å². The number of hydrogen-bond donors (Lipinski definition) is 1. The number of hydrogen-bond acceptors (Lipinski definition) is 3. The Hall–Kier alpha value is -3.02. The molecule has 0 aromatic heterocycles. The SMILES string of the molecule is O=C1Nc2ccc(F)cc2C1C=Nc1ccc(N2CC=CCC2)c(F)c1. The van der Waals surface area contributed by atoms with Gasteiger partial charge in [-0.1, -0.05) is 12.2 Å². The number of halogens is 2. The Morgan fingerprint density at radius 1 is 1.15 bits per heavy atom. The van der Waals surface area contributed by atoms with Crippen molar-refractivity contribution in [1.29, 1.82) is 0 Å². The minimum Gasteiger partial charge on any atom is -0.365 e. The van der Waals surface area contributed by atoms with Crippen LogP contribution in [0.5, 0.6) is 0 Å². The van der Waals surface area contributed by atoms with E-state index < -0.39 is 11.7 Å². The first kappa shape index (κ1) is 16.4. The lowest BCUT2D eigenvalue weighted by Crippen LogP contribution is -2.27. The molecule has 1 unspecified atom stereocenters. The van der Waals surface area contributed by atoms with Crippen LogP contribution in [-0.2, 0) is 4.79 Å². The average molecular weight is 353 g/mol. The average Bonchev–Trinajstić information content (AvgIpc) is 2.95. The van der Waals surface area contributed by atoms with Crippen LogP contribution in [0.2, 0.25) is 0 Å². The van der Waals surface area contributed by atoms with Gasteiger partial charge in [-0.3, -0.25) is 9.79 Å². The molecule has 2 aliphatic heterocycles. The lowest BCUT2D eigenvalue weighted by atomic mass is 10.0. The monoisotopic (exact) mass is 353 g/mol. The summed E-state index contributed by atoms with van der Waals surface area (Å²) in [5.41, 5.74) is 2.07. The van der Waals surface area contributed by atoms with Gasteiger partial charge in [0.1, 0.15) is 17.6 Å². The Kier molecular flexibility index (Phi) is 4.24. The van der Waals surface area contributed by atoms with Crippen molar-refractivity contribution in [2.24, 2.45) is 4.99 Å². The molecule has 0 saturated heterocycles. The van der Waals surface area contributed by atoms with Crippen LogP contribution in [0.3, 0.4) is 0 Å². The molecule has 2 aliphatic rings. The van der Waals surface area contributed by atoms with Gasteiger partial charge in [-0.25, -0.2) is 8.78 Å². The lowest BCUT2D eigenvalue weighted by Gasteiger charge is -2.26. The zero-order valence-corrected chi connectivity index (χ0v) is 14.0. The van der Waals surface area contributed by atoms with Crippen LogP contribution < -0.4 is 10.2 Å². The Labute approximate surface area is 149 Å². The van der Waals surface area contributed by atoms with Crippen LogP contribution in [0.4, 0.5) is 25.8 Å². The Morgan fingerprint density at radius 3 is 2.81 bits per heavy atom. The first-order valence-corrected chi connectivity index (χ1v) is 8.46. The largest absolute Gasteiger partial charge is 0.365 e. The van der Waals surface area contributed by atoms with Crippen molar-refractivity contribution >= 4 is 29.2 Å². The molecule has 132 valence electrons. The van der Waals surface area contributed by atoms with Gasteiger partial charge in [0, 0.05) is 31.1 Å². The second-order valence-electron chi connectivity index (χ2n) is 6.32. The van der Waals surface area contributed by atoms with Crippen LogP contribution in [0.15, 0.2) is 53.5 Å². The van der Waals surface area contributed by atoms with Gasteiger partial charge in [-0.15, -0.1) is 0 Å². The molecule has 4 nitrogen and oxygen atoms in total. The maximum Gasteiger partial charge on any atom is 0.237 e. The van der Waals surface area contributed by atoms with Crippen molar-refractivity contribution in [3.05, 3.63) is 65.7 Å². The summed E-state index contributed by atoms with van der Waals surface area (Å²) >= 11 is 0. The molecule has 6 heteroatoms. The molecule has 0 saturated carbocycles. The number of rotatable bonds is 3. The Balaban J connectivity index is 1.56. The van der Waals surface area contributed by atoms with Gasteiger partial charge in [0.2, 0.25) is 5.91 Å². The summed E-state index contributed by atoms with van der Waals surface area (Å²) in [4.78, 5) is 18.3. The van der Waals surface area contributed by atoms with E-state index in [0.29, 0.717) is 29.2 Å². The van der Waals surface area contributed by atoms with Crippen molar-refractivity contribution in [3.63, 3.8) is 0 Å². The topological polar surface area (TPSA) is 44.7 Å². The summed E-state index contributed by atoms with van der Waals surface area (Å²) in [7, 11) is 0. The molecular formula is C20H17F2N3O. The molecule has 0 bridgehead atoms. The van der Waals surface area contributed by atoms with Gasteiger partial charge in [0.05, 0.1) is 11.4 Å². The smallest absolute Gasteiger partial charge is 0.237 e. The van der Waals surface area contributed by atoms with Crippen molar-refractivity contribution < 1.29 is 13.6 Å². The van der Waals surface area contributed by atoms with E-state index >= 15 is 0 Å². The van der Waals surface area contributed by atoms with Gasteiger partial charge in [0.15, 0.2) is 0 Å². The number of fused-ring (bicyclic) bond motifs is 1. The molecule has 2 aromatic rings. The van der Waals surface area contributed by atoms with Crippen LogP contribution in [0.25, 0.3) is 0 Å². The quantitative estimate of drug-likeness (QED) is 0.665. The molecule has 0 radical (unpaired) electrons. The molecule has 2 heterocycles. The van der Waals surface area contributed by atoms with E-state index in [1.165, 1.54) is 30.5 Å². The van der Waals surface area contributed by atoms with Crippen molar-refractivity contribution in [2.45, 2.75) is 12.3 Å². The summed E-state index contributed by atoms with van der Waals surface area (Å²) in [5.74, 6) is -1.72. The van der Waals surface area contributed by atoms with E-state index in [9.17, 15) is 13.6 Å². The zero-order chi connectivity index (χ0) is 18.1. The molecule has 0 fully saturated rings. The first-order valence-electron chi connectivity index (χ1n) is 8.46. The fraction of sp³-hybridized carbons (Fsp3) is 0.200. The highest BCUT2D eigenvalue weighted by atomic mass is 19.1. The second-order valence-corrected chi connectivity index (χ2v) is 6.32. The third-order valence-corrected chi connectivity index (χ3v) is 4.59. The lowest BCUT2D eigenvalue weighted by molar-refractivity contribution is -0.115. The summed E-state index contributed by atoms with van der Waals surface area (Å²) < 4.78 is 27.9. The summed E-state index contributed by atoms with van der Waals surface area (Å²) in [5, 5.41) is 2.69. The number of amides is 1. The second kappa shape index (κ2) is 6.71. The van der Waals surface area contributed by atoms with Crippen molar-refractivity contribution in [1.82, 2.24) is 0 Å². The predicted octanol–water partition coefficient (Wildman–Crippen LogP) is 4.17. The molecular weight excluding hydrogens is 336 g/mol. The molecule has 26 heavy (non-hydrogen) atoms. The summed E-state index contributed by atoms with van der Waals surface area (Å²) in [6.45, 7) is 1.46.